The second kappa shape index (κ2) is 10.2. The summed E-state index contributed by atoms with van der Waals surface area (Å²) in [6, 6.07) is 17.2. The van der Waals surface area contributed by atoms with Crippen LogP contribution in [0.3, 0.4) is 0 Å². The van der Waals surface area contributed by atoms with Crippen molar-refractivity contribution >= 4 is 5.96 Å². The van der Waals surface area contributed by atoms with Crippen molar-refractivity contribution in [2.45, 2.75) is 38.6 Å². The molecule has 2 N–H and O–H groups in total. The van der Waals surface area contributed by atoms with Gasteiger partial charge in [0.15, 0.2) is 5.96 Å². The fourth-order valence-electron chi connectivity index (χ4n) is 4.53. The van der Waals surface area contributed by atoms with Gasteiger partial charge in [-0.25, -0.2) is 9.07 Å². The summed E-state index contributed by atoms with van der Waals surface area (Å²) in [5.74, 6) is 0.513. The second-order valence-corrected chi connectivity index (χ2v) is 8.65. The number of aliphatic imine (C=N–C) groups is 1. The van der Waals surface area contributed by atoms with Crippen molar-refractivity contribution in [1.29, 1.82) is 0 Å². The Hall–Kier alpha value is -3.19. The molecule has 1 fully saturated rings. The molecule has 7 heteroatoms. The summed E-state index contributed by atoms with van der Waals surface area (Å²) in [5.41, 5.74) is 5.29. The predicted octanol–water partition coefficient (Wildman–Crippen LogP) is 4.04. The van der Waals surface area contributed by atoms with Gasteiger partial charge in [-0.3, -0.25) is 4.99 Å². The van der Waals surface area contributed by atoms with Crippen LogP contribution >= 0.6 is 0 Å². The zero-order valence-corrected chi connectivity index (χ0v) is 19.6. The Labute approximate surface area is 194 Å². The fraction of sp³-hybridized carbons (Fsp3) is 0.385. The number of ether oxygens (including phenoxy) is 1. The molecule has 0 aliphatic carbocycles. The molecule has 6 nitrogen and oxygen atoms in total. The number of nitrogens with one attached hydrogen (secondary N) is 2. The molecular weight excluding hydrogens is 417 g/mol. The number of aromatic nitrogens is 2. The van der Waals surface area contributed by atoms with Gasteiger partial charge in [-0.05, 0) is 62.1 Å². The Morgan fingerprint density at radius 2 is 1.82 bits per heavy atom. The third kappa shape index (κ3) is 5.25. The molecule has 0 saturated carbocycles. The first-order valence-electron chi connectivity index (χ1n) is 11.4. The van der Waals surface area contributed by atoms with E-state index in [0.29, 0.717) is 26.3 Å². The Bertz CT molecular complexity index is 1100. The number of para-hydroxylation sites is 1. The van der Waals surface area contributed by atoms with Crippen LogP contribution in [-0.4, -0.2) is 42.5 Å². The summed E-state index contributed by atoms with van der Waals surface area (Å²) in [5, 5.41) is 11.6. The van der Waals surface area contributed by atoms with E-state index >= 15 is 0 Å². The van der Waals surface area contributed by atoms with Crippen LogP contribution in [0.4, 0.5) is 4.39 Å². The largest absolute Gasteiger partial charge is 0.381 e. The van der Waals surface area contributed by atoms with E-state index in [1.165, 1.54) is 12.1 Å². The fourth-order valence-corrected chi connectivity index (χ4v) is 4.53. The monoisotopic (exact) mass is 449 g/mol. The van der Waals surface area contributed by atoms with E-state index in [1.54, 1.807) is 7.05 Å². The molecule has 33 heavy (non-hydrogen) atoms. The first-order valence-corrected chi connectivity index (χ1v) is 11.4. The minimum absolute atomic E-state index is 0.120. The summed E-state index contributed by atoms with van der Waals surface area (Å²) >= 11 is 0. The molecule has 0 radical (unpaired) electrons. The molecule has 1 aliphatic heterocycles. The van der Waals surface area contributed by atoms with Gasteiger partial charge >= 0.3 is 0 Å². The number of rotatable bonds is 6. The molecule has 174 valence electrons. The van der Waals surface area contributed by atoms with Crippen LogP contribution in [0.2, 0.25) is 0 Å². The maximum Gasteiger partial charge on any atom is 0.191 e. The topological polar surface area (TPSA) is 63.5 Å². The van der Waals surface area contributed by atoms with Crippen molar-refractivity contribution < 1.29 is 9.13 Å². The molecule has 2 aromatic carbocycles. The quantitative estimate of drug-likeness (QED) is 0.440. The number of guanidine groups is 1. The Kier molecular flexibility index (Phi) is 7.08. The summed E-state index contributed by atoms with van der Waals surface area (Å²) in [4.78, 5) is 4.43. The third-order valence-corrected chi connectivity index (χ3v) is 6.40. The predicted molar refractivity (Wildman–Crippen MR) is 129 cm³/mol. The lowest BCUT2D eigenvalue weighted by Gasteiger charge is -2.38. The Balaban J connectivity index is 1.46. The molecule has 1 aromatic heterocycles. The minimum atomic E-state index is -0.215. The third-order valence-electron chi connectivity index (χ3n) is 6.40. The van der Waals surface area contributed by atoms with E-state index in [1.807, 2.05) is 35.9 Å². The minimum Gasteiger partial charge on any atom is -0.381 e. The number of benzene rings is 2. The molecule has 0 unspecified atom stereocenters. The molecule has 0 spiro atoms. The highest BCUT2D eigenvalue weighted by Crippen LogP contribution is 2.34. The van der Waals surface area contributed by atoms with E-state index in [0.717, 1.165) is 47.0 Å². The average Bonchev–Trinajstić information content (AvgIpc) is 3.18. The second-order valence-electron chi connectivity index (χ2n) is 8.65. The van der Waals surface area contributed by atoms with E-state index in [-0.39, 0.29) is 11.2 Å². The van der Waals surface area contributed by atoms with Crippen LogP contribution in [0.1, 0.15) is 35.4 Å². The van der Waals surface area contributed by atoms with Gasteiger partial charge in [0, 0.05) is 44.5 Å². The summed E-state index contributed by atoms with van der Waals surface area (Å²) < 4.78 is 21.1. The van der Waals surface area contributed by atoms with Crippen LogP contribution < -0.4 is 10.6 Å². The van der Waals surface area contributed by atoms with Gasteiger partial charge in [0.05, 0.1) is 11.4 Å². The van der Waals surface area contributed by atoms with Gasteiger partial charge in [-0.1, -0.05) is 30.3 Å². The molecule has 3 aromatic rings. The van der Waals surface area contributed by atoms with Gasteiger partial charge in [0.25, 0.3) is 0 Å². The summed E-state index contributed by atoms with van der Waals surface area (Å²) in [7, 11) is 1.77. The van der Waals surface area contributed by atoms with Crippen molar-refractivity contribution in [3.05, 3.63) is 82.9 Å². The Morgan fingerprint density at radius 1 is 1.09 bits per heavy atom. The summed E-state index contributed by atoms with van der Waals surface area (Å²) in [6.45, 7) is 6.76. The van der Waals surface area contributed by atoms with Crippen molar-refractivity contribution in [1.82, 2.24) is 20.4 Å². The molecule has 1 aliphatic rings. The molecule has 0 amide bonds. The molecule has 4 rings (SSSR count). The molecule has 2 heterocycles. The van der Waals surface area contributed by atoms with Crippen molar-refractivity contribution in [3.63, 3.8) is 0 Å². The SMILES string of the molecule is CN=C(NCc1ccccc1-n1nc(C)cc1C)NCC1(c2ccc(F)cc2)CCOCC1. The smallest absolute Gasteiger partial charge is 0.191 e. The number of nitrogens with zero attached hydrogens (tertiary/aromatic N) is 3. The molecule has 1 saturated heterocycles. The number of hydrogen-bond donors (Lipinski definition) is 2. The normalized spacial score (nSPS) is 15.9. The molecule has 0 atom stereocenters. The van der Waals surface area contributed by atoms with Crippen molar-refractivity contribution in [3.8, 4) is 5.69 Å². The molecule has 0 bridgehead atoms. The van der Waals surface area contributed by atoms with Gasteiger partial charge in [-0.15, -0.1) is 0 Å². The van der Waals surface area contributed by atoms with E-state index < -0.39 is 0 Å². The first-order chi connectivity index (χ1) is 16.0. The Morgan fingerprint density at radius 3 is 2.48 bits per heavy atom. The zero-order chi connectivity index (χ0) is 23.3. The standard InChI is InChI=1S/C26H32FN5O/c1-19-16-20(2)32(31-19)24-7-5-4-6-21(24)17-29-25(28-3)30-18-26(12-14-33-15-13-26)22-8-10-23(27)11-9-22/h4-11,16H,12-15,17-18H2,1-3H3,(H2,28,29,30). The van der Waals surface area contributed by atoms with Crippen molar-refractivity contribution in [2.75, 3.05) is 26.8 Å². The highest BCUT2D eigenvalue weighted by molar-refractivity contribution is 5.79. The zero-order valence-electron chi connectivity index (χ0n) is 19.6. The van der Waals surface area contributed by atoms with Gasteiger partial charge in [-0.2, -0.15) is 5.10 Å². The number of hydrogen-bond acceptors (Lipinski definition) is 3. The van der Waals surface area contributed by atoms with E-state index in [9.17, 15) is 4.39 Å². The van der Waals surface area contributed by atoms with Crippen LogP contribution in [-0.2, 0) is 16.7 Å². The average molecular weight is 450 g/mol. The maximum absolute atomic E-state index is 13.5. The van der Waals surface area contributed by atoms with Gasteiger partial charge in [0.2, 0.25) is 0 Å². The first kappa shape index (κ1) is 23.0. The van der Waals surface area contributed by atoms with E-state index in [4.69, 9.17) is 4.74 Å². The van der Waals surface area contributed by atoms with Gasteiger partial charge < -0.3 is 15.4 Å². The maximum atomic E-state index is 13.5. The van der Waals surface area contributed by atoms with Crippen LogP contribution in [0, 0.1) is 19.7 Å². The van der Waals surface area contributed by atoms with Crippen LogP contribution in [0.25, 0.3) is 5.69 Å². The van der Waals surface area contributed by atoms with E-state index in [2.05, 4.69) is 45.8 Å². The number of aryl methyl sites for hydroxylation is 2. The highest BCUT2D eigenvalue weighted by atomic mass is 19.1. The lowest BCUT2D eigenvalue weighted by Crippen LogP contribution is -2.48. The summed E-state index contributed by atoms with van der Waals surface area (Å²) in [6.07, 6.45) is 1.76. The lowest BCUT2D eigenvalue weighted by atomic mass is 9.74. The lowest BCUT2D eigenvalue weighted by molar-refractivity contribution is 0.0513. The van der Waals surface area contributed by atoms with Gasteiger partial charge in [0.1, 0.15) is 5.82 Å². The number of halogens is 1. The highest BCUT2D eigenvalue weighted by Gasteiger charge is 2.34. The molecular formula is C26H32FN5O. The van der Waals surface area contributed by atoms with Crippen molar-refractivity contribution in [2.24, 2.45) is 4.99 Å². The van der Waals surface area contributed by atoms with Crippen LogP contribution in [0.5, 0.6) is 0 Å². The van der Waals surface area contributed by atoms with Crippen LogP contribution in [0.15, 0.2) is 59.6 Å².